The van der Waals surface area contributed by atoms with Crippen molar-refractivity contribution in [2.24, 2.45) is 0 Å². The van der Waals surface area contributed by atoms with Gasteiger partial charge in [-0.05, 0) is 52.1 Å². The van der Waals surface area contributed by atoms with Crippen LogP contribution in [-0.4, -0.2) is 28.0 Å². The van der Waals surface area contributed by atoms with Gasteiger partial charge in [-0.25, -0.2) is 4.79 Å². The van der Waals surface area contributed by atoms with Crippen LogP contribution in [0.1, 0.15) is 11.5 Å². The van der Waals surface area contributed by atoms with E-state index in [2.05, 4.69) is 15.0 Å². The number of carbonyl (C=O) groups excluding carboxylic acids is 1. The van der Waals surface area contributed by atoms with Crippen LogP contribution in [0.25, 0.3) is 10.1 Å². The molecule has 0 bridgehead atoms. The average Bonchev–Trinajstić information content (AvgIpc) is 3.17. The van der Waals surface area contributed by atoms with E-state index >= 15 is 0 Å². The van der Waals surface area contributed by atoms with Crippen molar-refractivity contribution in [3.63, 3.8) is 0 Å². The second-order valence-electron chi connectivity index (χ2n) is 4.86. The van der Waals surface area contributed by atoms with Gasteiger partial charge in [-0.2, -0.15) is 15.7 Å². The molecule has 0 saturated heterocycles. The summed E-state index contributed by atoms with van der Waals surface area (Å²) in [6, 6.07) is 7.39. The van der Waals surface area contributed by atoms with Crippen LogP contribution in [0.5, 0.6) is 0 Å². The Hall–Kier alpha value is -2.45. The fraction of sp³-hybridized carbons (Fsp3) is 0.133. The van der Waals surface area contributed by atoms with Gasteiger partial charge in [-0.3, -0.25) is 4.79 Å². The first-order valence-corrected chi connectivity index (χ1v) is 8.49. The largest absolute Gasteiger partial charge is 0.465 e. The zero-order chi connectivity index (χ0) is 16.2. The highest BCUT2D eigenvalue weighted by molar-refractivity contribution is 7.13. The maximum absolute atomic E-state index is 12.5. The van der Waals surface area contributed by atoms with Crippen LogP contribution in [0, 0.1) is 0 Å². The Balaban J connectivity index is 1.78. The van der Waals surface area contributed by atoms with Gasteiger partial charge in [0.25, 0.3) is 0 Å². The number of carboxylic acid groups (broad SMARTS) is 1. The van der Waals surface area contributed by atoms with Gasteiger partial charge in [0.2, 0.25) is 5.91 Å². The van der Waals surface area contributed by atoms with Crippen molar-refractivity contribution in [2.75, 3.05) is 11.9 Å². The summed E-state index contributed by atoms with van der Waals surface area (Å²) < 4.78 is 5.09. The van der Waals surface area contributed by atoms with Crippen LogP contribution in [0.2, 0.25) is 0 Å². The topological polar surface area (TPSA) is 91.3 Å². The van der Waals surface area contributed by atoms with Gasteiger partial charge in [-0.15, -0.1) is 0 Å². The normalized spacial score (nSPS) is 12.0. The molecule has 8 heteroatoms. The first-order chi connectivity index (χ1) is 11.1. The quantitative estimate of drug-likeness (QED) is 0.660. The number of hydrogen-bond acceptors (Lipinski definition) is 5. The zero-order valence-corrected chi connectivity index (χ0v) is 13.5. The third-order valence-corrected chi connectivity index (χ3v) is 4.81. The summed E-state index contributed by atoms with van der Waals surface area (Å²) in [4.78, 5) is 23.3. The lowest BCUT2D eigenvalue weighted by Crippen LogP contribution is -2.33. The maximum atomic E-state index is 12.5. The number of nitrogens with zero attached hydrogens (tertiary/aromatic N) is 1. The number of nitrogens with one attached hydrogen (secondary N) is 2. The Morgan fingerprint density at radius 1 is 1.30 bits per heavy atom. The summed E-state index contributed by atoms with van der Waals surface area (Å²) in [5.41, 5.74) is 1.46. The lowest BCUT2D eigenvalue weighted by atomic mass is 10.0. The van der Waals surface area contributed by atoms with E-state index in [-0.39, 0.29) is 12.5 Å². The molecule has 0 saturated carbocycles. The number of anilines is 1. The summed E-state index contributed by atoms with van der Waals surface area (Å²) >= 11 is 2.83. The van der Waals surface area contributed by atoms with E-state index < -0.39 is 12.0 Å². The summed E-state index contributed by atoms with van der Waals surface area (Å²) in [6.07, 6.45) is 0.625. The number of aromatic nitrogens is 1. The molecule has 0 aliphatic heterocycles. The summed E-state index contributed by atoms with van der Waals surface area (Å²) in [7, 11) is 0. The van der Waals surface area contributed by atoms with Gasteiger partial charge in [-0.1, -0.05) is 0 Å². The predicted molar refractivity (Wildman–Crippen MR) is 91.3 cm³/mol. The Bertz CT molecular complexity index is 829. The van der Waals surface area contributed by atoms with E-state index in [0.717, 1.165) is 15.6 Å². The van der Waals surface area contributed by atoms with Gasteiger partial charge in [0.1, 0.15) is 0 Å². The third kappa shape index (κ3) is 3.66. The summed E-state index contributed by atoms with van der Waals surface area (Å²) in [5, 5.41) is 18.6. The monoisotopic (exact) mass is 347 g/mol. The Kier molecular flexibility index (Phi) is 4.54. The summed E-state index contributed by atoms with van der Waals surface area (Å²) in [6.45, 7) is 0.0285. The molecule has 3 rings (SSSR count). The van der Waals surface area contributed by atoms with Crippen molar-refractivity contribution in [2.45, 2.75) is 5.92 Å². The molecule has 0 spiro atoms. The fourth-order valence-corrected chi connectivity index (χ4v) is 3.59. The number of rotatable bonds is 5. The smallest absolute Gasteiger partial charge is 0.404 e. The molecule has 2 heterocycles. The Morgan fingerprint density at radius 3 is 2.91 bits per heavy atom. The van der Waals surface area contributed by atoms with E-state index in [1.807, 2.05) is 35.0 Å². The van der Waals surface area contributed by atoms with Crippen LogP contribution in [-0.2, 0) is 4.79 Å². The predicted octanol–water partition coefficient (Wildman–Crippen LogP) is 3.35. The Labute approximate surface area is 139 Å². The average molecular weight is 347 g/mol. The number of carbonyl (C=O) groups is 2. The van der Waals surface area contributed by atoms with Crippen LogP contribution < -0.4 is 10.6 Å². The highest BCUT2D eigenvalue weighted by Crippen LogP contribution is 2.24. The Morgan fingerprint density at radius 2 is 2.17 bits per heavy atom. The lowest BCUT2D eigenvalue weighted by Gasteiger charge is -2.16. The van der Waals surface area contributed by atoms with Gasteiger partial charge in [0.15, 0.2) is 0 Å². The number of amides is 2. The van der Waals surface area contributed by atoms with Crippen molar-refractivity contribution in [3.05, 3.63) is 46.8 Å². The molecule has 2 amide bonds. The van der Waals surface area contributed by atoms with Crippen molar-refractivity contribution in [1.29, 1.82) is 0 Å². The second kappa shape index (κ2) is 6.76. The first kappa shape index (κ1) is 15.4. The van der Waals surface area contributed by atoms with Gasteiger partial charge in [0.05, 0.1) is 10.6 Å². The molecular formula is C15H13N3O3S2. The lowest BCUT2D eigenvalue weighted by molar-refractivity contribution is -0.117. The molecule has 1 atom stereocenters. The first-order valence-electron chi connectivity index (χ1n) is 6.77. The zero-order valence-electron chi connectivity index (χ0n) is 11.9. The molecular weight excluding hydrogens is 334 g/mol. The van der Waals surface area contributed by atoms with E-state index in [1.54, 1.807) is 6.20 Å². The second-order valence-corrected chi connectivity index (χ2v) is 6.48. The number of benzene rings is 1. The minimum absolute atomic E-state index is 0.0285. The van der Waals surface area contributed by atoms with Gasteiger partial charge < -0.3 is 15.7 Å². The summed E-state index contributed by atoms with van der Waals surface area (Å²) in [5.74, 6) is -0.824. The molecule has 2 aromatic heterocycles. The van der Waals surface area contributed by atoms with Crippen molar-refractivity contribution in [1.82, 2.24) is 9.69 Å². The number of fused-ring (bicyclic) bond motifs is 1. The van der Waals surface area contributed by atoms with E-state index in [0.29, 0.717) is 5.69 Å². The van der Waals surface area contributed by atoms with Crippen LogP contribution in [0.15, 0.2) is 41.2 Å². The SMILES string of the molecule is O=C(O)NCC(C(=O)Nc1ccc2cnsc2c1)c1ccsc1. The molecule has 118 valence electrons. The molecule has 1 aromatic carbocycles. The molecule has 0 aliphatic rings. The van der Waals surface area contributed by atoms with Crippen molar-refractivity contribution >= 4 is 50.6 Å². The molecule has 1 unspecified atom stereocenters. The molecule has 3 N–H and O–H groups in total. The molecule has 0 radical (unpaired) electrons. The molecule has 3 aromatic rings. The molecule has 0 aliphatic carbocycles. The van der Waals surface area contributed by atoms with Crippen LogP contribution in [0.4, 0.5) is 10.5 Å². The van der Waals surface area contributed by atoms with Crippen molar-refractivity contribution < 1.29 is 14.7 Å². The minimum Gasteiger partial charge on any atom is -0.465 e. The number of hydrogen-bond donors (Lipinski definition) is 3. The third-order valence-electron chi connectivity index (χ3n) is 3.34. The van der Waals surface area contributed by atoms with E-state index in [9.17, 15) is 9.59 Å². The van der Waals surface area contributed by atoms with E-state index in [1.165, 1.54) is 22.9 Å². The van der Waals surface area contributed by atoms with Crippen LogP contribution >= 0.6 is 22.9 Å². The molecule has 23 heavy (non-hydrogen) atoms. The van der Waals surface area contributed by atoms with Gasteiger partial charge in [0, 0.05) is 23.8 Å². The molecule has 6 nitrogen and oxygen atoms in total. The standard InChI is InChI=1S/C15H13N3O3S2/c19-14(12(7-16-15(20)21)10-3-4-22-8-10)18-11-2-1-9-6-17-23-13(9)5-11/h1-6,8,12,16H,7H2,(H,18,19)(H,20,21). The van der Waals surface area contributed by atoms with Gasteiger partial charge >= 0.3 is 6.09 Å². The fourth-order valence-electron chi connectivity index (χ4n) is 2.19. The molecule has 0 fully saturated rings. The highest BCUT2D eigenvalue weighted by Gasteiger charge is 2.22. The number of thiophene rings is 1. The van der Waals surface area contributed by atoms with Crippen LogP contribution in [0.3, 0.4) is 0 Å². The van der Waals surface area contributed by atoms with E-state index in [4.69, 9.17) is 5.11 Å². The maximum Gasteiger partial charge on any atom is 0.404 e. The van der Waals surface area contributed by atoms with Crippen molar-refractivity contribution in [3.8, 4) is 0 Å². The highest BCUT2D eigenvalue weighted by atomic mass is 32.1. The minimum atomic E-state index is -1.15.